The quantitative estimate of drug-likeness (QED) is 0.777. The molecular formula is C18H24N2O4. The minimum Gasteiger partial charge on any atom is -0.480 e. The molecule has 1 unspecified atom stereocenters. The molecule has 1 aromatic heterocycles. The molecule has 0 aliphatic heterocycles. The highest BCUT2D eigenvalue weighted by Gasteiger charge is 2.25. The standard InChI is InChI=1S/C18H24N2O4/c1-4-5-9-14(18(22)23)19-17(21)16-13(11-20(2)3)12-8-6-7-10-15(12)24-16/h6-8,10,14H,4-5,9,11H2,1-3H3,(H,19,21)(H,22,23). The SMILES string of the molecule is CCCCC(NC(=O)c1oc2ccccc2c1CN(C)C)C(=O)O. The molecule has 0 saturated heterocycles. The fourth-order valence-corrected chi connectivity index (χ4v) is 2.64. The van der Waals surface area contributed by atoms with E-state index in [0.29, 0.717) is 18.5 Å². The Bertz CT molecular complexity index is 721. The van der Waals surface area contributed by atoms with E-state index in [1.54, 1.807) is 6.07 Å². The lowest BCUT2D eigenvalue weighted by Gasteiger charge is -2.14. The van der Waals surface area contributed by atoms with Gasteiger partial charge >= 0.3 is 5.97 Å². The van der Waals surface area contributed by atoms with Crippen molar-refractivity contribution < 1.29 is 19.1 Å². The first-order valence-corrected chi connectivity index (χ1v) is 8.12. The molecule has 1 atom stereocenters. The van der Waals surface area contributed by atoms with E-state index in [-0.39, 0.29) is 5.76 Å². The van der Waals surface area contributed by atoms with Gasteiger partial charge in [-0.1, -0.05) is 38.0 Å². The van der Waals surface area contributed by atoms with Gasteiger partial charge in [-0.15, -0.1) is 0 Å². The number of furan rings is 1. The zero-order chi connectivity index (χ0) is 17.7. The van der Waals surface area contributed by atoms with Gasteiger partial charge in [-0.3, -0.25) is 4.79 Å². The van der Waals surface area contributed by atoms with Crippen molar-refractivity contribution in [3.05, 3.63) is 35.6 Å². The number of carbonyl (C=O) groups is 2. The Kier molecular flexibility index (Phi) is 5.98. The van der Waals surface area contributed by atoms with Gasteiger partial charge in [0.2, 0.25) is 0 Å². The van der Waals surface area contributed by atoms with Crippen molar-refractivity contribution >= 4 is 22.8 Å². The summed E-state index contributed by atoms with van der Waals surface area (Å²) in [6, 6.07) is 6.53. The Morgan fingerprint density at radius 3 is 2.62 bits per heavy atom. The second-order valence-electron chi connectivity index (χ2n) is 6.15. The third-order valence-electron chi connectivity index (χ3n) is 3.83. The highest BCUT2D eigenvalue weighted by atomic mass is 16.4. The molecule has 130 valence electrons. The van der Waals surface area contributed by atoms with Crippen LogP contribution in [0.4, 0.5) is 0 Å². The zero-order valence-electron chi connectivity index (χ0n) is 14.3. The number of carbonyl (C=O) groups excluding carboxylic acids is 1. The van der Waals surface area contributed by atoms with Crippen LogP contribution in [0.15, 0.2) is 28.7 Å². The second-order valence-corrected chi connectivity index (χ2v) is 6.15. The number of unbranched alkanes of at least 4 members (excludes halogenated alkanes) is 1. The summed E-state index contributed by atoms with van der Waals surface area (Å²) in [5.41, 5.74) is 1.40. The van der Waals surface area contributed by atoms with Gasteiger partial charge < -0.3 is 19.7 Å². The summed E-state index contributed by atoms with van der Waals surface area (Å²) in [5, 5.41) is 12.8. The smallest absolute Gasteiger partial charge is 0.326 e. The van der Waals surface area contributed by atoms with E-state index in [1.807, 2.05) is 44.1 Å². The highest BCUT2D eigenvalue weighted by molar-refractivity contribution is 6.00. The van der Waals surface area contributed by atoms with Gasteiger partial charge in [-0.05, 0) is 26.6 Å². The van der Waals surface area contributed by atoms with E-state index < -0.39 is 17.9 Å². The Hall–Kier alpha value is -2.34. The van der Waals surface area contributed by atoms with Crippen molar-refractivity contribution in [3.63, 3.8) is 0 Å². The molecule has 2 N–H and O–H groups in total. The Labute approximate surface area is 141 Å². The summed E-state index contributed by atoms with van der Waals surface area (Å²) in [4.78, 5) is 25.9. The van der Waals surface area contributed by atoms with Crippen LogP contribution in [0.2, 0.25) is 0 Å². The van der Waals surface area contributed by atoms with E-state index >= 15 is 0 Å². The van der Waals surface area contributed by atoms with Crippen molar-refractivity contribution in [3.8, 4) is 0 Å². The molecule has 1 aromatic carbocycles. The number of rotatable bonds is 8. The average molecular weight is 332 g/mol. The number of benzene rings is 1. The monoisotopic (exact) mass is 332 g/mol. The molecular weight excluding hydrogens is 308 g/mol. The molecule has 0 radical (unpaired) electrons. The maximum absolute atomic E-state index is 12.6. The summed E-state index contributed by atoms with van der Waals surface area (Å²) < 4.78 is 5.72. The van der Waals surface area contributed by atoms with E-state index in [4.69, 9.17) is 4.42 Å². The van der Waals surface area contributed by atoms with E-state index in [9.17, 15) is 14.7 Å². The first kappa shape index (κ1) is 18.0. The first-order chi connectivity index (χ1) is 11.4. The Morgan fingerprint density at radius 1 is 1.29 bits per heavy atom. The minimum atomic E-state index is -1.03. The molecule has 0 bridgehead atoms. The van der Waals surface area contributed by atoms with Crippen LogP contribution in [0.1, 0.15) is 42.3 Å². The topological polar surface area (TPSA) is 82.8 Å². The number of nitrogens with zero attached hydrogens (tertiary/aromatic N) is 1. The van der Waals surface area contributed by atoms with E-state index in [0.717, 1.165) is 23.8 Å². The third kappa shape index (κ3) is 4.14. The van der Waals surface area contributed by atoms with Crippen molar-refractivity contribution in [2.45, 2.75) is 38.8 Å². The fraction of sp³-hybridized carbons (Fsp3) is 0.444. The molecule has 2 aromatic rings. The van der Waals surface area contributed by atoms with Crippen LogP contribution in [0, 0.1) is 0 Å². The summed E-state index contributed by atoms with van der Waals surface area (Å²) >= 11 is 0. The Morgan fingerprint density at radius 2 is 2.00 bits per heavy atom. The van der Waals surface area contributed by atoms with Crippen molar-refractivity contribution in [1.29, 1.82) is 0 Å². The number of fused-ring (bicyclic) bond motifs is 1. The third-order valence-corrected chi connectivity index (χ3v) is 3.83. The lowest BCUT2D eigenvalue weighted by atomic mass is 10.1. The van der Waals surface area contributed by atoms with E-state index in [1.165, 1.54) is 0 Å². The predicted octanol–water partition coefficient (Wildman–Crippen LogP) is 2.87. The lowest BCUT2D eigenvalue weighted by Crippen LogP contribution is -2.41. The first-order valence-electron chi connectivity index (χ1n) is 8.12. The van der Waals surface area contributed by atoms with E-state index in [2.05, 4.69) is 5.32 Å². The molecule has 0 fully saturated rings. The normalized spacial score (nSPS) is 12.5. The summed E-state index contributed by atoms with van der Waals surface area (Å²) in [6.45, 7) is 2.52. The molecule has 1 heterocycles. The number of carboxylic acids is 1. The van der Waals surface area contributed by atoms with Crippen LogP contribution in [-0.4, -0.2) is 42.0 Å². The van der Waals surface area contributed by atoms with Crippen molar-refractivity contribution in [2.75, 3.05) is 14.1 Å². The molecule has 0 aliphatic carbocycles. The van der Waals surface area contributed by atoms with Crippen LogP contribution in [0.3, 0.4) is 0 Å². The van der Waals surface area contributed by atoms with Crippen LogP contribution in [0.5, 0.6) is 0 Å². The zero-order valence-corrected chi connectivity index (χ0v) is 14.3. The van der Waals surface area contributed by atoms with Crippen LogP contribution < -0.4 is 5.32 Å². The van der Waals surface area contributed by atoms with Crippen LogP contribution >= 0.6 is 0 Å². The van der Waals surface area contributed by atoms with Crippen LogP contribution in [-0.2, 0) is 11.3 Å². The van der Waals surface area contributed by atoms with Gasteiger partial charge in [-0.25, -0.2) is 4.79 Å². The van der Waals surface area contributed by atoms with Crippen molar-refractivity contribution in [1.82, 2.24) is 10.2 Å². The molecule has 0 spiro atoms. The summed E-state index contributed by atoms with van der Waals surface area (Å²) in [7, 11) is 3.81. The molecule has 0 saturated carbocycles. The Balaban J connectivity index is 2.32. The number of nitrogens with one attached hydrogen (secondary N) is 1. The number of para-hydroxylation sites is 1. The summed E-state index contributed by atoms with van der Waals surface area (Å²) in [5.74, 6) is -1.32. The highest BCUT2D eigenvalue weighted by Crippen LogP contribution is 2.27. The number of carboxylic acid groups (broad SMARTS) is 1. The van der Waals surface area contributed by atoms with Gasteiger partial charge in [0.05, 0.1) is 0 Å². The van der Waals surface area contributed by atoms with Gasteiger partial charge in [0.1, 0.15) is 11.6 Å². The second kappa shape index (κ2) is 7.97. The van der Waals surface area contributed by atoms with Gasteiger partial charge in [0, 0.05) is 17.5 Å². The molecule has 6 nitrogen and oxygen atoms in total. The minimum absolute atomic E-state index is 0.188. The maximum atomic E-state index is 12.6. The summed E-state index contributed by atoms with van der Waals surface area (Å²) in [6.07, 6.45) is 2.01. The van der Waals surface area contributed by atoms with Gasteiger partial charge in [-0.2, -0.15) is 0 Å². The molecule has 2 rings (SSSR count). The van der Waals surface area contributed by atoms with Gasteiger partial charge in [0.25, 0.3) is 5.91 Å². The molecule has 24 heavy (non-hydrogen) atoms. The number of aliphatic carboxylic acids is 1. The predicted molar refractivity (Wildman–Crippen MR) is 92.0 cm³/mol. The molecule has 6 heteroatoms. The van der Waals surface area contributed by atoms with Crippen molar-refractivity contribution in [2.24, 2.45) is 0 Å². The maximum Gasteiger partial charge on any atom is 0.326 e. The number of amides is 1. The lowest BCUT2D eigenvalue weighted by molar-refractivity contribution is -0.139. The average Bonchev–Trinajstić information content (AvgIpc) is 2.89. The number of hydrogen-bond donors (Lipinski definition) is 2. The molecule has 1 amide bonds. The largest absolute Gasteiger partial charge is 0.480 e. The van der Waals surface area contributed by atoms with Gasteiger partial charge in [0.15, 0.2) is 5.76 Å². The fourth-order valence-electron chi connectivity index (χ4n) is 2.64. The molecule has 0 aliphatic rings. The number of hydrogen-bond acceptors (Lipinski definition) is 4. The van der Waals surface area contributed by atoms with Crippen LogP contribution in [0.25, 0.3) is 11.0 Å².